The highest BCUT2D eigenvalue weighted by Crippen LogP contribution is 2.37. The zero-order chi connectivity index (χ0) is 10.7. The molecule has 1 aromatic rings. The minimum atomic E-state index is 0.524. The molecule has 0 spiro atoms. The summed E-state index contributed by atoms with van der Waals surface area (Å²) in [5.74, 6) is 0.827. The standard InChI is InChI=1S/C13H20N2/c1-3-15-13(11-5-4-6-11)12-7-10(2)8-14-9-12/h7-9,11,13,15H,3-6H2,1-2H3. The highest BCUT2D eigenvalue weighted by Gasteiger charge is 2.27. The Morgan fingerprint density at radius 2 is 2.27 bits per heavy atom. The number of rotatable bonds is 4. The van der Waals surface area contributed by atoms with E-state index in [9.17, 15) is 0 Å². The van der Waals surface area contributed by atoms with Crippen LogP contribution in [0.5, 0.6) is 0 Å². The second kappa shape index (κ2) is 4.75. The van der Waals surface area contributed by atoms with Crippen LogP contribution in [-0.4, -0.2) is 11.5 Å². The number of pyridine rings is 1. The van der Waals surface area contributed by atoms with Crippen LogP contribution in [0.25, 0.3) is 0 Å². The quantitative estimate of drug-likeness (QED) is 0.815. The maximum Gasteiger partial charge on any atom is 0.0363 e. The number of aryl methyl sites for hydroxylation is 1. The topological polar surface area (TPSA) is 24.9 Å². The first-order valence-corrected chi connectivity index (χ1v) is 5.96. The van der Waals surface area contributed by atoms with E-state index in [4.69, 9.17) is 0 Å². The maximum absolute atomic E-state index is 4.29. The zero-order valence-corrected chi connectivity index (χ0v) is 9.66. The first-order valence-electron chi connectivity index (χ1n) is 5.96. The van der Waals surface area contributed by atoms with Gasteiger partial charge in [-0.1, -0.05) is 19.4 Å². The van der Waals surface area contributed by atoms with Crippen LogP contribution >= 0.6 is 0 Å². The SMILES string of the molecule is CCNC(c1cncc(C)c1)C1CCC1. The molecule has 1 unspecified atom stereocenters. The Balaban J connectivity index is 2.15. The second-order valence-electron chi connectivity index (χ2n) is 4.52. The van der Waals surface area contributed by atoms with Gasteiger partial charge >= 0.3 is 0 Å². The summed E-state index contributed by atoms with van der Waals surface area (Å²) < 4.78 is 0. The van der Waals surface area contributed by atoms with Crippen molar-refractivity contribution in [1.29, 1.82) is 0 Å². The third-order valence-electron chi connectivity index (χ3n) is 3.30. The van der Waals surface area contributed by atoms with Crippen molar-refractivity contribution in [3.63, 3.8) is 0 Å². The molecule has 1 atom stereocenters. The Hall–Kier alpha value is -0.890. The number of hydrogen-bond acceptors (Lipinski definition) is 2. The van der Waals surface area contributed by atoms with Gasteiger partial charge in [-0.25, -0.2) is 0 Å². The van der Waals surface area contributed by atoms with E-state index in [1.165, 1.54) is 30.4 Å². The summed E-state index contributed by atoms with van der Waals surface area (Å²) in [4.78, 5) is 4.29. The molecule has 2 rings (SSSR count). The van der Waals surface area contributed by atoms with Gasteiger partial charge in [0.05, 0.1) is 0 Å². The van der Waals surface area contributed by atoms with Gasteiger partial charge in [0.15, 0.2) is 0 Å². The van der Waals surface area contributed by atoms with E-state index in [0.717, 1.165) is 12.5 Å². The number of hydrogen-bond donors (Lipinski definition) is 1. The van der Waals surface area contributed by atoms with E-state index >= 15 is 0 Å². The fraction of sp³-hybridized carbons (Fsp3) is 0.615. The molecular weight excluding hydrogens is 184 g/mol. The minimum Gasteiger partial charge on any atom is -0.310 e. The van der Waals surface area contributed by atoms with E-state index in [0.29, 0.717) is 6.04 Å². The Labute approximate surface area is 92.1 Å². The third kappa shape index (κ3) is 2.37. The molecule has 1 aromatic heterocycles. The minimum absolute atomic E-state index is 0.524. The van der Waals surface area contributed by atoms with E-state index in [1.807, 2.05) is 12.4 Å². The summed E-state index contributed by atoms with van der Waals surface area (Å²) >= 11 is 0. The average Bonchev–Trinajstić information content (AvgIpc) is 2.14. The predicted molar refractivity (Wildman–Crippen MR) is 62.7 cm³/mol. The van der Waals surface area contributed by atoms with Gasteiger partial charge in [-0.3, -0.25) is 4.98 Å². The van der Waals surface area contributed by atoms with Crippen molar-refractivity contribution in [1.82, 2.24) is 10.3 Å². The molecule has 1 aliphatic carbocycles. The molecule has 0 saturated heterocycles. The highest BCUT2D eigenvalue weighted by molar-refractivity contribution is 5.21. The van der Waals surface area contributed by atoms with Gasteiger partial charge in [-0.2, -0.15) is 0 Å². The summed E-state index contributed by atoms with van der Waals surface area (Å²) in [6, 6.07) is 2.79. The Bertz CT molecular complexity index is 318. The summed E-state index contributed by atoms with van der Waals surface area (Å²) in [6.45, 7) is 5.32. The normalized spacial score (nSPS) is 18.5. The van der Waals surface area contributed by atoms with Crippen LogP contribution in [0.4, 0.5) is 0 Å². The van der Waals surface area contributed by atoms with Crippen molar-refractivity contribution >= 4 is 0 Å². The Morgan fingerprint density at radius 3 is 2.80 bits per heavy atom. The van der Waals surface area contributed by atoms with Gasteiger partial charge in [-0.15, -0.1) is 0 Å². The van der Waals surface area contributed by atoms with Gasteiger partial charge in [0.1, 0.15) is 0 Å². The molecule has 15 heavy (non-hydrogen) atoms. The lowest BCUT2D eigenvalue weighted by atomic mass is 9.77. The summed E-state index contributed by atoms with van der Waals surface area (Å²) in [5, 5.41) is 3.59. The van der Waals surface area contributed by atoms with Crippen molar-refractivity contribution in [2.75, 3.05) is 6.54 Å². The molecule has 0 aromatic carbocycles. The largest absolute Gasteiger partial charge is 0.310 e. The molecule has 2 heteroatoms. The lowest BCUT2D eigenvalue weighted by Gasteiger charge is -2.34. The molecule has 2 nitrogen and oxygen atoms in total. The molecule has 0 amide bonds. The van der Waals surface area contributed by atoms with Crippen LogP contribution < -0.4 is 5.32 Å². The smallest absolute Gasteiger partial charge is 0.0363 e. The predicted octanol–water partition coefficient (Wildman–Crippen LogP) is 2.84. The Morgan fingerprint density at radius 1 is 1.47 bits per heavy atom. The van der Waals surface area contributed by atoms with Gasteiger partial charge in [0.2, 0.25) is 0 Å². The Kier molecular flexibility index (Phi) is 3.37. The number of nitrogens with zero attached hydrogens (tertiary/aromatic N) is 1. The average molecular weight is 204 g/mol. The van der Waals surface area contributed by atoms with E-state index in [2.05, 4.69) is 30.2 Å². The molecule has 0 aliphatic heterocycles. The van der Waals surface area contributed by atoms with Crippen molar-refractivity contribution < 1.29 is 0 Å². The summed E-state index contributed by atoms with van der Waals surface area (Å²) in [6.07, 6.45) is 8.06. The summed E-state index contributed by atoms with van der Waals surface area (Å²) in [5.41, 5.74) is 2.62. The fourth-order valence-corrected chi connectivity index (χ4v) is 2.30. The molecule has 1 aliphatic rings. The molecule has 0 radical (unpaired) electrons. The van der Waals surface area contributed by atoms with Crippen molar-refractivity contribution in [3.8, 4) is 0 Å². The monoisotopic (exact) mass is 204 g/mol. The van der Waals surface area contributed by atoms with E-state index in [1.54, 1.807) is 0 Å². The first kappa shape index (κ1) is 10.6. The second-order valence-corrected chi connectivity index (χ2v) is 4.52. The van der Waals surface area contributed by atoms with E-state index in [-0.39, 0.29) is 0 Å². The molecule has 0 bridgehead atoms. The van der Waals surface area contributed by atoms with Crippen LogP contribution in [0.1, 0.15) is 43.4 Å². The number of aromatic nitrogens is 1. The van der Waals surface area contributed by atoms with Gasteiger partial charge in [-0.05, 0) is 43.4 Å². The van der Waals surface area contributed by atoms with Crippen LogP contribution in [0.3, 0.4) is 0 Å². The van der Waals surface area contributed by atoms with Crippen molar-refractivity contribution in [3.05, 3.63) is 29.6 Å². The molecular formula is C13H20N2. The summed E-state index contributed by atoms with van der Waals surface area (Å²) in [7, 11) is 0. The van der Waals surface area contributed by atoms with E-state index < -0.39 is 0 Å². The van der Waals surface area contributed by atoms with Crippen molar-refractivity contribution in [2.45, 2.75) is 39.2 Å². The zero-order valence-electron chi connectivity index (χ0n) is 9.66. The lowest BCUT2D eigenvalue weighted by Crippen LogP contribution is -2.32. The molecule has 1 heterocycles. The fourth-order valence-electron chi connectivity index (χ4n) is 2.30. The van der Waals surface area contributed by atoms with Crippen LogP contribution in [0, 0.1) is 12.8 Å². The first-order chi connectivity index (χ1) is 7.31. The molecule has 1 fully saturated rings. The molecule has 1 N–H and O–H groups in total. The van der Waals surface area contributed by atoms with Gasteiger partial charge < -0.3 is 5.32 Å². The lowest BCUT2D eigenvalue weighted by molar-refractivity contribution is 0.233. The van der Waals surface area contributed by atoms with Gasteiger partial charge in [0.25, 0.3) is 0 Å². The highest BCUT2D eigenvalue weighted by atomic mass is 14.9. The van der Waals surface area contributed by atoms with Crippen LogP contribution in [0.15, 0.2) is 18.5 Å². The molecule has 82 valence electrons. The van der Waals surface area contributed by atoms with Crippen molar-refractivity contribution in [2.24, 2.45) is 5.92 Å². The van der Waals surface area contributed by atoms with Gasteiger partial charge in [0, 0.05) is 18.4 Å². The molecule has 1 saturated carbocycles. The number of nitrogens with one attached hydrogen (secondary N) is 1. The third-order valence-corrected chi connectivity index (χ3v) is 3.30. The van der Waals surface area contributed by atoms with Crippen LogP contribution in [0.2, 0.25) is 0 Å². The maximum atomic E-state index is 4.29. The van der Waals surface area contributed by atoms with Crippen LogP contribution in [-0.2, 0) is 0 Å².